The van der Waals surface area contributed by atoms with E-state index in [0.717, 1.165) is 61.8 Å². The molecule has 1 aromatic carbocycles. The van der Waals surface area contributed by atoms with Crippen LogP contribution in [-0.2, 0) is 7.05 Å². The highest BCUT2D eigenvalue weighted by Crippen LogP contribution is 2.41. The molecule has 11 nitrogen and oxygen atoms in total. The molecule has 4 heterocycles. The smallest absolute Gasteiger partial charge is 0.299 e. The Hall–Kier alpha value is -2.89. The van der Waals surface area contributed by atoms with Crippen molar-refractivity contribution in [1.82, 2.24) is 24.9 Å². The van der Waals surface area contributed by atoms with Crippen molar-refractivity contribution in [3.05, 3.63) is 34.6 Å². The summed E-state index contributed by atoms with van der Waals surface area (Å²) in [6.45, 7) is 10.1. The fraction of sp³-hybridized carbons (Fsp3) is 0.654. The normalized spacial score (nSPS) is 20.8. The molecule has 0 aliphatic carbocycles. The summed E-state index contributed by atoms with van der Waals surface area (Å²) in [5.74, 6) is 1.29. The van der Waals surface area contributed by atoms with Gasteiger partial charge < -0.3 is 19.9 Å². The Bertz CT molecular complexity index is 1060. The number of aromatic nitrogens is 2. The summed E-state index contributed by atoms with van der Waals surface area (Å²) >= 11 is 0. The van der Waals surface area contributed by atoms with Crippen LogP contribution in [0.1, 0.15) is 25.7 Å². The number of hydrogen-bond donors (Lipinski definition) is 1. The first-order valence-corrected chi connectivity index (χ1v) is 13.5. The number of aryl methyl sites for hydroxylation is 1. The van der Waals surface area contributed by atoms with E-state index in [2.05, 4.69) is 25.1 Å². The lowest BCUT2D eigenvalue weighted by Gasteiger charge is -2.44. The summed E-state index contributed by atoms with van der Waals surface area (Å²) in [6.07, 6.45) is 8.49. The van der Waals surface area contributed by atoms with Crippen LogP contribution in [0.25, 0.3) is 11.1 Å². The quantitative estimate of drug-likeness (QED) is 0.421. The lowest BCUT2D eigenvalue weighted by molar-refractivity contribution is -0.711. The third-order valence-electron chi connectivity index (χ3n) is 8.17. The van der Waals surface area contributed by atoms with E-state index in [0.29, 0.717) is 11.8 Å². The maximum atomic E-state index is 11.1. The Balaban J connectivity index is 1.23. The summed E-state index contributed by atoms with van der Waals surface area (Å²) in [6, 6.07) is 4.15. The highest BCUT2D eigenvalue weighted by Gasteiger charge is 2.30. The molecular formula is C26H39N7O4. The van der Waals surface area contributed by atoms with Gasteiger partial charge in [-0.25, -0.2) is 0 Å². The fourth-order valence-corrected chi connectivity index (χ4v) is 6.13. The molecule has 0 bridgehead atoms. The molecule has 1 aromatic heterocycles. The van der Waals surface area contributed by atoms with Gasteiger partial charge in [0.25, 0.3) is 5.09 Å². The van der Waals surface area contributed by atoms with Gasteiger partial charge >= 0.3 is 0 Å². The first kappa shape index (κ1) is 25.7. The Morgan fingerprint density at radius 1 is 1.05 bits per heavy atom. The zero-order valence-corrected chi connectivity index (χ0v) is 22.0. The first-order valence-electron chi connectivity index (χ1n) is 13.5. The zero-order valence-electron chi connectivity index (χ0n) is 22.0. The fourth-order valence-electron chi connectivity index (χ4n) is 6.13. The van der Waals surface area contributed by atoms with Gasteiger partial charge in [0.05, 0.1) is 13.3 Å². The van der Waals surface area contributed by atoms with Crippen LogP contribution < -0.4 is 19.8 Å². The Labute approximate surface area is 218 Å². The van der Waals surface area contributed by atoms with Gasteiger partial charge in [0.2, 0.25) is 0 Å². The molecule has 3 fully saturated rings. The van der Waals surface area contributed by atoms with Crippen LogP contribution in [0.15, 0.2) is 24.5 Å². The van der Waals surface area contributed by atoms with E-state index in [4.69, 9.17) is 9.57 Å². The summed E-state index contributed by atoms with van der Waals surface area (Å²) in [5.41, 5.74) is 2.74. The van der Waals surface area contributed by atoms with E-state index >= 15 is 0 Å². The monoisotopic (exact) mass is 513 g/mol. The number of rotatable bonds is 8. The van der Waals surface area contributed by atoms with E-state index < -0.39 is 5.09 Å². The van der Waals surface area contributed by atoms with E-state index in [1.807, 2.05) is 19.3 Å². The standard InChI is InChI=1S/C26H39N7O4/c1-29-19-21(17-28-29)23-15-26(37-33(34)35)25(36-2)16-24(23)32-9-5-22(6-10-32)31-13-11-30(12-14-31)18-20-3-7-27-8-4-20/h15-17,19-20,22,27H,3-14,18H2,1-2H3. The second-order valence-electron chi connectivity index (χ2n) is 10.5. The molecular weight excluding hydrogens is 474 g/mol. The Kier molecular flexibility index (Phi) is 8.11. The number of piperidine rings is 2. The third-order valence-corrected chi connectivity index (χ3v) is 8.17. The van der Waals surface area contributed by atoms with Gasteiger partial charge in [-0.2, -0.15) is 5.10 Å². The molecule has 0 unspecified atom stereocenters. The molecule has 3 saturated heterocycles. The van der Waals surface area contributed by atoms with Crippen molar-refractivity contribution >= 4 is 5.69 Å². The summed E-state index contributed by atoms with van der Waals surface area (Å²) in [5, 5.41) is 18.0. The minimum atomic E-state index is -0.803. The average molecular weight is 514 g/mol. The second kappa shape index (κ2) is 11.7. The highest BCUT2D eigenvalue weighted by molar-refractivity contribution is 5.81. The Morgan fingerprint density at radius 3 is 2.41 bits per heavy atom. The number of benzene rings is 1. The van der Waals surface area contributed by atoms with Crippen LogP contribution in [0, 0.1) is 16.0 Å². The molecule has 0 spiro atoms. The number of anilines is 1. The van der Waals surface area contributed by atoms with Crippen molar-refractivity contribution in [3.8, 4) is 22.6 Å². The largest absolute Gasteiger partial charge is 0.494 e. The van der Waals surface area contributed by atoms with E-state index in [1.165, 1.54) is 52.7 Å². The number of nitrogens with zero attached hydrogens (tertiary/aromatic N) is 6. The summed E-state index contributed by atoms with van der Waals surface area (Å²) < 4.78 is 7.19. The number of methoxy groups -OCH3 is 1. The molecule has 0 radical (unpaired) electrons. The maximum Gasteiger partial charge on any atom is 0.299 e. The van der Waals surface area contributed by atoms with Crippen LogP contribution in [0.4, 0.5) is 5.69 Å². The molecule has 3 aliphatic heterocycles. The number of nitrogens with one attached hydrogen (secondary N) is 1. The number of ether oxygens (including phenoxy) is 1. The van der Waals surface area contributed by atoms with E-state index in [-0.39, 0.29) is 5.75 Å². The molecule has 37 heavy (non-hydrogen) atoms. The highest BCUT2D eigenvalue weighted by atomic mass is 17.0. The Morgan fingerprint density at radius 2 is 1.78 bits per heavy atom. The van der Waals surface area contributed by atoms with Crippen LogP contribution >= 0.6 is 0 Å². The van der Waals surface area contributed by atoms with Crippen molar-refractivity contribution in [3.63, 3.8) is 0 Å². The predicted octanol–water partition coefficient (Wildman–Crippen LogP) is 2.25. The molecule has 202 valence electrons. The van der Waals surface area contributed by atoms with E-state index in [1.54, 1.807) is 16.9 Å². The van der Waals surface area contributed by atoms with Crippen LogP contribution in [0.5, 0.6) is 11.5 Å². The number of hydrogen-bond acceptors (Lipinski definition) is 9. The van der Waals surface area contributed by atoms with Crippen molar-refractivity contribution in [1.29, 1.82) is 0 Å². The number of piperazine rings is 1. The lowest BCUT2D eigenvalue weighted by atomic mass is 9.96. The van der Waals surface area contributed by atoms with Gasteiger partial charge in [-0.1, -0.05) is 0 Å². The first-order chi connectivity index (χ1) is 18.0. The van der Waals surface area contributed by atoms with Crippen molar-refractivity contribution in [2.24, 2.45) is 13.0 Å². The van der Waals surface area contributed by atoms with Gasteiger partial charge in [-0.05, 0) is 50.8 Å². The molecule has 5 rings (SSSR count). The zero-order chi connectivity index (χ0) is 25.8. The maximum absolute atomic E-state index is 11.1. The molecule has 2 aromatic rings. The molecule has 0 saturated carbocycles. The second-order valence-corrected chi connectivity index (χ2v) is 10.5. The molecule has 11 heteroatoms. The summed E-state index contributed by atoms with van der Waals surface area (Å²) in [7, 11) is 3.37. The lowest BCUT2D eigenvalue weighted by Crippen LogP contribution is -2.54. The molecule has 0 atom stereocenters. The SMILES string of the molecule is COc1cc(N2CCC(N3CCN(CC4CCNCC4)CC3)CC2)c(-c2cnn(C)c2)cc1O[N+](=O)[O-]. The van der Waals surface area contributed by atoms with E-state index in [9.17, 15) is 10.1 Å². The van der Waals surface area contributed by atoms with Crippen molar-refractivity contribution in [2.45, 2.75) is 31.7 Å². The topological polar surface area (TPSA) is 101 Å². The predicted molar refractivity (Wildman–Crippen MR) is 142 cm³/mol. The third kappa shape index (κ3) is 6.16. The van der Waals surface area contributed by atoms with Gasteiger partial charge in [-0.3, -0.25) is 14.4 Å². The van der Waals surface area contributed by atoms with Crippen molar-refractivity contribution in [2.75, 3.05) is 70.9 Å². The van der Waals surface area contributed by atoms with Crippen LogP contribution in [0.2, 0.25) is 0 Å². The van der Waals surface area contributed by atoms with Crippen LogP contribution in [0.3, 0.4) is 0 Å². The van der Waals surface area contributed by atoms with Gasteiger partial charge in [-0.15, -0.1) is 10.1 Å². The van der Waals surface area contributed by atoms with Gasteiger partial charge in [0.15, 0.2) is 11.5 Å². The molecule has 3 aliphatic rings. The molecule has 0 amide bonds. The van der Waals surface area contributed by atoms with Crippen LogP contribution in [-0.4, -0.2) is 96.7 Å². The van der Waals surface area contributed by atoms with Crippen molar-refractivity contribution < 1.29 is 14.7 Å². The summed E-state index contributed by atoms with van der Waals surface area (Å²) in [4.78, 5) is 23.6. The molecule has 1 N–H and O–H groups in total. The minimum absolute atomic E-state index is 0.0901. The van der Waals surface area contributed by atoms with Gasteiger partial charge in [0.1, 0.15) is 0 Å². The average Bonchev–Trinajstić information content (AvgIpc) is 3.35. The van der Waals surface area contributed by atoms with Gasteiger partial charge in [0, 0.05) is 88.0 Å². The minimum Gasteiger partial charge on any atom is -0.494 e.